The number of amides is 1. The minimum Gasteiger partial charge on any atom is -0.497 e. The van der Waals surface area contributed by atoms with Crippen LogP contribution in [0.5, 0.6) is 5.75 Å². The molecule has 0 radical (unpaired) electrons. The van der Waals surface area contributed by atoms with Gasteiger partial charge in [0, 0.05) is 6.20 Å². The summed E-state index contributed by atoms with van der Waals surface area (Å²) in [4.78, 5) is 33.0. The molecule has 1 aliphatic rings. The Morgan fingerprint density at radius 1 is 1.00 bits per heavy atom. The van der Waals surface area contributed by atoms with Crippen LogP contribution in [0.15, 0.2) is 70.0 Å². The Labute approximate surface area is 178 Å². The molecule has 1 aliphatic heterocycles. The van der Waals surface area contributed by atoms with Gasteiger partial charge in [-0.3, -0.25) is 14.5 Å². The second kappa shape index (κ2) is 7.09. The molecular weight excluding hydrogens is 392 g/mol. The Hall–Kier alpha value is -3.93. The molecule has 0 spiro atoms. The highest BCUT2D eigenvalue weighted by Crippen LogP contribution is 2.41. The van der Waals surface area contributed by atoms with Gasteiger partial charge in [-0.1, -0.05) is 18.2 Å². The quantitative estimate of drug-likeness (QED) is 0.493. The summed E-state index contributed by atoms with van der Waals surface area (Å²) < 4.78 is 11.4. The smallest absolute Gasteiger partial charge is 0.296 e. The fourth-order valence-electron chi connectivity index (χ4n) is 4.09. The molecule has 0 fully saturated rings. The number of aromatic nitrogens is 1. The van der Waals surface area contributed by atoms with E-state index in [0.29, 0.717) is 28.1 Å². The van der Waals surface area contributed by atoms with Crippen LogP contribution in [0.2, 0.25) is 0 Å². The van der Waals surface area contributed by atoms with Gasteiger partial charge in [0.1, 0.15) is 17.2 Å². The Kier molecular flexibility index (Phi) is 4.36. The highest BCUT2D eigenvalue weighted by atomic mass is 16.5. The molecule has 154 valence electrons. The molecule has 5 rings (SSSR count). The fraction of sp³-hybridized carbons (Fsp3) is 0.160. The summed E-state index contributed by atoms with van der Waals surface area (Å²) in [6.07, 6.45) is 1.62. The monoisotopic (exact) mass is 412 g/mol. The Morgan fingerprint density at radius 3 is 2.55 bits per heavy atom. The number of aryl methyl sites for hydroxylation is 2. The summed E-state index contributed by atoms with van der Waals surface area (Å²) in [6.45, 7) is 3.90. The first-order valence-corrected chi connectivity index (χ1v) is 9.96. The minimum atomic E-state index is -0.672. The molecule has 0 aliphatic carbocycles. The number of nitrogens with zero attached hydrogens (tertiary/aromatic N) is 2. The van der Waals surface area contributed by atoms with Crippen LogP contribution in [-0.4, -0.2) is 18.0 Å². The topological polar surface area (TPSA) is 72.6 Å². The number of fused-ring (bicyclic) bond motifs is 2. The largest absolute Gasteiger partial charge is 0.497 e. The number of methoxy groups -OCH3 is 1. The van der Waals surface area contributed by atoms with E-state index in [9.17, 15) is 9.59 Å². The van der Waals surface area contributed by atoms with Crippen LogP contribution in [0.1, 0.15) is 38.9 Å². The van der Waals surface area contributed by atoms with Gasteiger partial charge in [-0.25, -0.2) is 4.98 Å². The number of carbonyl (C=O) groups excluding carboxylic acids is 1. The second-order valence-electron chi connectivity index (χ2n) is 7.65. The van der Waals surface area contributed by atoms with Crippen molar-refractivity contribution >= 4 is 22.7 Å². The number of hydrogen-bond donors (Lipinski definition) is 0. The predicted octanol–water partition coefficient (Wildman–Crippen LogP) is 4.56. The first-order valence-electron chi connectivity index (χ1n) is 9.96. The predicted molar refractivity (Wildman–Crippen MR) is 118 cm³/mol. The number of pyridine rings is 1. The fourth-order valence-corrected chi connectivity index (χ4v) is 4.09. The zero-order valence-corrected chi connectivity index (χ0v) is 17.4. The van der Waals surface area contributed by atoms with Crippen molar-refractivity contribution in [2.24, 2.45) is 0 Å². The van der Waals surface area contributed by atoms with Crippen LogP contribution < -0.4 is 15.1 Å². The molecule has 2 aromatic heterocycles. The molecule has 1 atom stereocenters. The summed E-state index contributed by atoms with van der Waals surface area (Å²) in [5, 5.41) is 0.463. The van der Waals surface area contributed by atoms with E-state index in [0.717, 1.165) is 16.7 Å². The maximum absolute atomic E-state index is 13.7. The van der Waals surface area contributed by atoms with Crippen molar-refractivity contribution in [1.29, 1.82) is 0 Å². The molecule has 0 bridgehead atoms. The summed E-state index contributed by atoms with van der Waals surface area (Å²) in [5.74, 6) is 0.747. The van der Waals surface area contributed by atoms with Crippen molar-refractivity contribution in [2.45, 2.75) is 19.9 Å². The molecule has 31 heavy (non-hydrogen) atoms. The van der Waals surface area contributed by atoms with E-state index in [2.05, 4.69) is 4.98 Å². The van der Waals surface area contributed by atoms with Crippen LogP contribution in [0.3, 0.4) is 0 Å². The van der Waals surface area contributed by atoms with E-state index < -0.39 is 11.9 Å². The maximum atomic E-state index is 13.7. The molecule has 4 aromatic rings. The lowest BCUT2D eigenvalue weighted by Gasteiger charge is -2.24. The SMILES string of the molecule is COc1cccc([C@@H]2c3c(oc4cc(C)c(C)cc4c3=O)C(=O)N2c2ccccn2)c1. The lowest BCUT2D eigenvalue weighted by molar-refractivity contribution is 0.0970. The van der Waals surface area contributed by atoms with Gasteiger partial charge >= 0.3 is 0 Å². The zero-order valence-electron chi connectivity index (χ0n) is 17.4. The molecule has 0 N–H and O–H groups in total. The Morgan fingerprint density at radius 2 is 1.81 bits per heavy atom. The number of ether oxygens (including phenoxy) is 1. The van der Waals surface area contributed by atoms with Crippen molar-refractivity contribution in [3.8, 4) is 5.75 Å². The van der Waals surface area contributed by atoms with E-state index in [1.807, 2.05) is 50.2 Å². The third-order valence-electron chi connectivity index (χ3n) is 5.79. The molecule has 0 saturated heterocycles. The maximum Gasteiger partial charge on any atom is 0.296 e. The average Bonchev–Trinajstić information content (AvgIpc) is 3.08. The van der Waals surface area contributed by atoms with Gasteiger partial charge in [0.05, 0.1) is 24.1 Å². The van der Waals surface area contributed by atoms with Gasteiger partial charge < -0.3 is 9.15 Å². The van der Waals surface area contributed by atoms with Gasteiger partial charge in [-0.2, -0.15) is 0 Å². The number of benzene rings is 2. The van der Waals surface area contributed by atoms with E-state index in [1.54, 1.807) is 31.5 Å². The van der Waals surface area contributed by atoms with E-state index in [-0.39, 0.29) is 11.2 Å². The second-order valence-corrected chi connectivity index (χ2v) is 7.65. The van der Waals surface area contributed by atoms with Crippen molar-refractivity contribution in [2.75, 3.05) is 12.0 Å². The van der Waals surface area contributed by atoms with E-state index in [4.69, 9.17) is 9.15 Å². The van der Waals surface area contributed by atoms with Crippen molar-refractivity contribution in [3.63, 3.8) is 0 Å². The molecule has 1 amide bonds. The third-order valence-corrected chi connectivity index (χ3v) is 5.79. The number of hydrogen-bond acceptors (Lipinski definition) is 5. The lowest BCUT2D eigenvalue weighted by atomic mass is 9.97. The Balaban J connectivity index is 1.83. The first kappa shape index (κ1) is 19.1. The van der Waals surface area contributed by atoms with Gasteiger partial charge in [-0.05, 0) is 66.9 Å². The number of rotatable bonds is 3. The summed E-state index contributed by atoms with van der Waals surface area (Å²) in [6, 6.07) is 15.6. The lowest BCUT2D eigenvalue weighted by Crippen LogP contribution is -2.30. The third kappa shape index (κ3) is 2.91. The minimum absolute atomic E-state index is 0.0548. The van der Waals surface area contributed by atoms with Gasteiger partial charge in [0.2, 0.25) is 5.76 Å². The van der Waals surface area contributed by atoms with Gasteiger partial charge in [-0.15, -0.1) is 0 Å². The van der Waals surface area contributed by atoms with Crippen LogP contribution >= 0.6 is 0 Å². The van der Waals surface area contributed by atoms with Crippen LogP contribution in [0.25, 0.3) is 11.0 Å². The Bertz CT molecular complexity index is 1390. The highest BCUT2D eigenvalue weighted by Gasteiger charge is 2.44. The summed E-state index contributed by atoms with van der Waals surface area (Å²) in [7, 11) is 1.58. The summed E-state index contributed by atoms with van der Waals surface area (Å²) >= 11 is 0. The number of carbonyl (C=O) groups is 1. The molecule has 3 heterocycles. The van der Waals surface area contributed by atoms with Crippen molar-refractivity contribution in [3.05, 3.63) is 99.0 Å². The van der Waals surface area contributed by atoms with Gasteiger partial charge in [0.25, 0.3) is 5.91 Å². The normalized spacial score (nSPS) is 15.4. The summed E-state index contributed by atoms with van der Waals surface area (Å²) in [5.41, 5.74) is 3.24. The molecule has 2 aromatic carbocycles. The number of anilines is 1. The van der Waals surface area contributed by atoms with Crippen LogP contribution in [0.4, 0.5) is 5.82 Å². The molecule has 0 unspecified atom stereocenters. The van der Waals surface area contributed by atoms with Crippen molar-refractivity contribution < 1.29 is 13.9 Å². The van der Waals surface area contributed by atoms with Crippen LogP contribution in [0, 0.1) is 13.8 Å². The van der Waals surface area contributed by atoms with E-state index >= 15 is 0 Å². The van der Waals surface area contributed by atoms with Crippen LogP contribution in [-0.2, 0) is 0 Å². The first-order chi connectivity index (χ1) is 15.0. The highest BCUT2D eigenvalue weighted by molar-refractivity contribution is 6.10. The molecule has 0 saturated carbocycles. The van der Waals surface area contributed by atoms with Crippen molar-refractivity contribution in [1.82, 2.24) is 4.98 Å². The standard InChI is InChI=1S/C25H20N2O4/c1-14-11-18-19(12-15(14)2)31-24-21(23(18)28)22(16-7-6-8-17(13-16)30-3)27(25(24)29)20-9-4-5-10-26-20/h4-13,22H,1-3H3/t22-/m1/s1. The average molecular weight is 412 g/mol. The molecular formula is C25H20N2O4. The van der Waals surface area contributed by atoms with Gasteiger partial charge in [0.15, 0.2) is 5.43 Å². The molecule has 6 nitrogen and oxygen atoms in total. The molecule has 6 heteroatoms. The van der Waals surface area contributed by atoms with E-state index in [1.165, 1.54) is 4.90 Å². The zero-order chi connectivity index (χ0) is 21.7.